The number of nitrogens with zero attached hydrogens (tertiary/aromatic N) is 2. The molecular weight excluding hydrogens is 380 g/mol. The number of carbonyl (C=O) groups is 1. The molecule has 0 radical (unpaired) electrons. The molecule has 1 aliphatic rings. The van der Waals surface area contributed by atoms with Gasteiger partial charge in [0.15, 0.2) is 11.2 Å². The number of hydrogen-bond donors (Lipinski definition) is 0. The molecule has 5 rings (SSSR count). The highest BCUT2D eigenvalue weighted by molar-refractivity contribution is 6.10. The molecule has 3 heterocycles. The first kappa shape index (κ1) is 18.4. The van der Waals surface area contributed by atoms with Crippen molar-refractivity contribution in [2.24, 2.45) is 0 Å². The lowest BCUT2D eigenvalue weighted by Crippen LogP contribution is -2.29. The Morgan fingerprint density at radius 1 is 1.03 bits per heavy atom. The van der Waals surface area contributed by atoms with Crippen LogP contribution in [0.4, 0.5) is 5.82 Å². The molecule has 0 saturated carbocycles. The monoisotopic (exact) mass is 400 g/mol. The van der Waals surface area contributed by atoms with Crippen LogP contribution in [0.3, 0.4) is 0 Å². The lowest BCUT2D eigenvalue weighted by Gasteiger charge is -2.22. The summed E-state index contributed by atoms with van der Waals surface area (Å²) in [5, 5.41) is 4.52. The molecule has 1 amide bonds. The largest absolute Gasteiger partial charge is 0.450 e. The molecular formula is C24H20N2O4. The highest BCUT2D eigenvalue weighted by Gasteiger charge is 2.44. The van der Waals surface area contributed by atoms with Crippen LogP contribution >= 0.6 is 0 Å². The van der Waals surface area contributed by atoms with Crippen LogP contribution in [0.1, 0.15) is 51.5 Å². The van der Waals surface area contributed by atoms with Crippen LogP contribution in [0.5, 0.6) is 0 Å². The maximum Gasteiger partial charge on any atom is 0.296 e. The smallest absolute Gasteiger partial charge is 0.296 e. The molecule has 1 atom stereocenters. The Morgan fingerprint density at radius 3 is 2.47 bits per heavy atom. The molecule has 1 aliphatic heterocycles. The Balaban J connectivity index is 1.81. The SMILES string of the molecule is CCc1ccc2oc3c(c(=O)c2c1)C(c1ccc(C)cc1)N(c1cc(C)on1)C3=O. The Bertz CT molecular complexity index is 1350. The van der Waals surface area contributed by atoms with Crippen molar-refractivity contribution in [1.82, 2.24) is 5.16 Å². The van der Waals surface area contributed by atoms with Gasteiger partial charge in [-0.2, -0.15) is 0 Å². The molecule has 6 heteroatoms. The Kier molecular flexibility index (Phi) is 4.10. The van der Waals surface area contributed by atoms with E-state index in [9.17, 15) is 9.59 Å². The summed E-state index contributed by atoms with van der Waals surface area (Å²) in [6.07, 6.45) is 0.803. The first-order chi connectivity index (χ1) is 14.5. The number of hydrogen-bond acceptors (Lipinski definition) is 5. The second-order valence-corrected chi connectivity index (χ2v) is 7.64. The number of benzene rings is 2. The van der Waals surface area contributed by atoms with Gasteiger partial charge in [0.05, 0.1) is 17.0 Å². The Morgan fingerprint density at radius 2 is 1.80 bits per heavy atom. The Hall–Kier alpha value is -3.67. The lowest BCUT2D eigenvalue weighted by atomic mass is 9.97. The molecule has 0 N–H and O–H groups in total. The fourth-order valence-corrected chi connectivity index (χ4v) is 4.01. The minimum Gasteiger partial charge on any atom is -0.450 e. The van der Waals surface area contributed by atoms with Gasteiger partial charge in [-0.15, -0.1) is 0 Å². The summed E-state index contributed by atoms with van der Waals surface area (Å²) in [6, 6.07) is 14.3. The quantitative estimate of drug-likeness (QED) is 0.498. The summed E-state index contributed by atoms with van der Waals surface area (Å²) in [6.45, 7) is 5.78. The summed E-state index contributed by atoms with van der Waals surface area (Å²) in [7, 11) is 0. The second-order valence-electron chi connectivity index (χ2n) is 7.64. The first-order valence-electron chi connectivity index (χ1n) is 9.91. The predicted molar refractivity (Wildman–Crippen MR) is 113 cm³/mol. The highest BCUT2D eigenvalue weighted by Crippen LogP contribution is 2.41. The zero-order chi connectivity index (χ0) is 21.0. The number of anilines is 1. The van der Waals surface area contributed by atoms with Gasteiger partial charge in [0.1, 0.15) is 11.3 Å². The van der Waals surface area contributed by atoms with Crippen molar-refractivity contribution in [2.45, 2.75) is 33.2 Å². The average molecular weight is 400 g/mol. The van der Waals surface area contributed by atoms with Gasteiger partial charge in [0.2, 0.25) is 5.76 Å². The van der Waals surface area contributed by atoms with E-state index in [1.54, 1.807) is 19.1 Å². The molecule has 1 unspecified atom stereocenters. The molecule has 0 bridgehead atoms. The fourth-order valence-electron chi connectivity index (χ4n) is 4.01. The molecule has 0 aliphatic carbocycles. The molecule has 6 nitrogen and oxygen atoms in total. The van der Waals surface area contributed by atoms with Gasteiger partial charge in [-0.25, -0.2) is 0 Å². The number of aromatic nitrogens is 1. The summed E-state index contributed by atoms with van der Waals surface area (Å²) < 4.78 is 11.2. The van der Waals surface area contributed by atoms with E-state index in [0.29, 0.717) is 28.1 Å². The van der Waals surface area contributed by atoms with E-state index in [1.807, 2.05) is 50.2 Å². The maximum atomic E-state index is 13.6. The highest BCUT2D eigenvalue weighted by atomic mass is 16.5. The fraction of sp³-hybridized carbons (Fsp3) is 0.208. The number of rotatable bonds is 3. The number of carbonyl (C=O) groups excluding carboxylic acids is 1. The third-order valence-corrected chi connectivity index (χ3v) is 5.60. The van der Waals surface area contributed by atoms with E-state index in [-0.39, 0.29) is 11.2 Å². The van der Waals surface area contributed by atoms with Crippen molar-refractivity contribution in [3.05, 3.63) is 92.5 Å². The minimum absolute atomic E-state index is 0.0583. The molecule has 0 spiro atoms. The first-order valence-corrected chi connectivity index (χ1v) is 9.91. The molecule has 0 fully saturated rings. The maximum absolute atomic E-state index is 13.6. The molecule has 0 saturated heterocycles. The topological polar surface area (TPSA) is 76.6 Å². The van der Waals surface area contributed by atoms with Crippen LogP contribution in [-0.2, 0) is 6.42 Å². The van der Waals surface area contributed by atoms with Crippen molar-refractivity contribution in [2.75, 3.05) is 4.90 Å². The second kappa shape index (κ2) is 6.69. The standard InChI is InChI=1S/C24H20N2O4/c1-4-15-7-10-18-17(12-15)22(27)20-21(16-8-5-13(2)6-9-16)26(24(28)23(20)29-18)19-11-14(3)30-25-19/h5-12,21H,4H2,1-3H3. The summed E-state index contributed by atoms with van der Waals surface area (Å²) >= 11 is 0. The van der Waals surface area contributed by atoms with Gasteiger partial charge in [-0.1, -0.05) is 48.0 Å². The van der Waals surface area contributed by atoms with E-state index in [4.69, 9.17) is 8.94 Å². The normalized spacial score (nSPS) is 15.8. The van der Waals surface area contributed by atoms with Crippen molar-refractivity contribution < 1.29 is 13.7 Å². The van der Waals surface area contributed by atoms with E-state index in [1.165, 1.54) is 4.90 Å². The summed E-state index contributed by atoms with van der Waals surface area (Å²) in [5.41, 5.74) is 3.49. The van der Waals surface area contributed by atoms with E-state index in [2.05, 4.69) is 5.16 Å². The molecule has 30 heavy (non-hydrogen) atoms. The van der Waals surface area contributed by atoms with Crippen LogP contribution < -0.4 is 10.3 Å². The molecule has 4 aromatic rings. The van der Waals surface area contributed by atoms with Gasteiger partial charge >= 0.3 is 0 Å². The summed E-state index contributed by atoms with van der Waals surface area (Å²) in [4.78, 5) is 28.5. The van der Waals surface area contributed by atoms with E-state index in [0.717, 1.165) is 23.1 Å². The van der Waals surface area contributed by atoms with Crippen LogP contribution in [0.2, 0.25) is 0 Å². The molecule has 150 valence electrons. The van der Waals surface area contributed by atoms with E-state index >= 15 is 0 Å². The van der Waals surface area contributed by atoms with Crippen LogP contribution in [0.15, 0.2) is 62.3 Å². The Labute approximate surface area is 172 Å². The van der Waals surface area contributed by atoms with Gasteiger partial charge < -0.3 is 8.94 Å². The van der Waals surface area contributed by atoms with Crippen molar-refractivity contribution in [3.63, 3.8) is 0 Å². The molecule has 2 aromatic carbocycles. The third kappa shape index (κ3) is 2.68. The van der Waals surface area contributed by atoms with Crippen molar-refractivity contribution in [3.8, 4) is 0 Å². The van der Waals surface area contributed by atoms with Gasteiger partial charge in [0, 0.05) is 6.07 Å². The van der Waals surface area contributed by atoms with Gasteiger partial charge in [-0.3, -0.25) is 14.5 Å². The van der Waals surface area contributed by atoms with Crippen LogP contribution in [0.25, 0.3) is 11.0 Å². The zero-order valence-corrected chi connectivity index (χ0v) is 16.9. The minimum atomic E-state index is -0.636. The molecule has 2 aromatic heterocycles. The third-order valence-electron chi connectivity index (χ3n) is 5.60. The zero-order valence-electron chi connectivity index (χ0n) is 16.9. The van der Waals surface area contributed by atoms with Crippen molar-refractivity contribution >= 4 is 22.7 Å². The van der Waals surface area contributed by atoms with E-state index < -0.39 is 11.9 Å². The van der Waals surface area contributed by atoms with Crippen molar-refractivity contribution in [1.29, 1.82) is 0 Å². The number of fused-ring (bicyclic) bond motifs is 2. The predicted octanol–water partition coefficient (Wildman–Crippen LogP) is 4.71. The van der Waals surface area contributed by atoms with Gasteiger partial charge in [-0.05, 0) is 43.5 Å². The van der Waals surface area contributed by atoms with Crippen LogP contribution in [0, 0.1) is 13.8 Å². The average Bonchev–Trinajstić information content (AvgIpc) is 3.30. The van der Waals surface area contributed by atoms with Gasteiger partial charge in [0.25, 0.3) is 5.91 Å². The number of aryl methyl sites for hydroxylation is 3. The lowest BCUT2D eigenvalue weighted by molar-refractivity contribution is 0.0969. The number of amides is 1. The van der Waals surface area contributed by atoms with Crippen LogP contribution in [-0.4, -0.2) is 11.1 Å². The summed E-state index contributed by atoms with van der Waals surface area (Å²) in [5.74, 6) is 0.589.